The van der Waals surface area contributed by atoms with E-state index in [1.165, 1.54) is 29.6 Å². The van der Waals surface area contributed by atoms with Crippen LogP contribution < -0.4 is 0 Å². The van der Waals surface area contributed by atoms with E-state index in [0.717, 1.165) is 38.0 Å². The Morgan fingerprint density at radius 1 is 1.21 bits per heavy atom. The molecular formula is C34H43NO3. The van der Waals surface area contributed by atoms with Gasteiger partial charge in [-0.2, -0.15) is 0 Å². The van der Waals surface area contributed by atoms with E-state index < -0.39 is 5.97 Å². The third kappa shape index (κ3) is 9.97. The number of hydrogen-bond acceptors (Lipinski definition) is 3. The third-order valence-electron chi connectivity index (χ3n) is 7.14. The van der Waals surface area contributed by atoms with Crippen LogP contribution in [0.3, 0.4) is 0 Å². The SMILES string of the molecule is CC#CC(CC(=O)O)C(/C=C\C(C)OCC1=CC=C(CN2CCC(c3ccccc3)CC2)C=CC1)=C/CC. The first-order valence-corrected chi connectivity index (χ1v) is 13.9. The molecule has 1 aromatic carbocycles. The topological polar surface area (TPSA) is 49.8 Å². The number of benzene rings is 1. The van der Waals surface area contributed by atoms with Crippen molar-refractivity contribution in [1.29, 1.82) is 0 Å². The maximum Gasteiger partial charge on any atom is 0.304 e. The van der Waals surface area contributed by atoms with Crippen molar-refractivity contribution in [1.82, 2.24) is 4.90 Å². The Kier molecular flexibility index (Phi) is 12.4. The van der Waals surface area contributed by atoms with Crippen LogP contribution in [-0.2, 0) is 9.53 Å². The van der Waals surface area contributed by atoms with Gasteiger partial charge in [-0.3, -0.25) is 9.69 Å². The van der Waals surface area contributed by atoms with E-state index in [2.05, 4.69) is 77.5 Å². The summed E-state index contributed by atoms with van der Waals surface area (Å²) in [5, 5.41) is 9.26. The molecule has 2 unspecified atom stereocenters. The molecule has 4 heteroatoms. The van der Waals surface area contributed by atoms with Gasteiger partial charge in [-0.1, -0.05) is 85.7 Å². The van der Waals surface area contributed by atoms with Gasteiger partial charge in [0.1, 0.15) is 0 Å². The van der Waals surface area contributed by atoms with E-state index in [4.69, 9.17) is 4.74 Å². The van der Waals surface area contributed by atoms with Gasteiger partial charge in [0, 0.05) is 6.54 Å². The quantitative estimate of drug-likeness (QED) is 0.239. The van der Waals surface area contributed by atoms with E-state index in [9.17, 15) is 9.90 Å². The lowest BCUT2D eigenvalue weighted by atomic mass is 9.89. The van der Waals surface area contributed by atoms with Crippen LogP contribution in [0.2, 0.25) is 0 Å². The van der Waals surface area contributed by atoms with E-state index in [1.807, 2.05) is 26.0 Å². The van der Waals surface area contributed by atoms with Crippen molar-refractivity contribution in [2.75, 3.05) is 26.2 Å². The molecule has 4 nitrogen and oxygen atoms in total. The van der Waals surface area contributed by atoms with Crippen molar-refractivity contribution in [3.05, 3.63) is 95.1 Å². The summed E-state index contributed by atoms with van der Waals surface area (Å²) in [4.78, 5) is 13.8. The van der Waals surface area contributed by atoms with Crippen molar-refractivity contribution >= 4 is 5.97 Å². The summed E-state index contributed by atoms with van der Waals surface area (Å²) in [7, 11) is 0. The predicted octanol–water partition coefficient (Wildman–Crippen LogP) is 7.09. The molecule has 1 aliphatic carbocycles. The van der Waals surface area contributed by atoms with Gasteiger partial charge >= 0.3 is 5.97 Å². The molecule has 0 amide bonds. The lowest BCUT2D eigenvalue weighted by Crippen LogP contribution is -2.34. The van der Waals surface area contributed by atoms with Crippen LogP contribution in [0.15, 0.2) is 89.6 Å². The molecule has 0 saturated carbocycles. The number of allylic oxidation sites excluding steroid dienone is 6. The van der Waals surface area contributed by atoms with E-state index in [-0.39, 0.29) is 18.4 Å². The monoisotopic (exact) mass is 513 g/mol. The van der Waals surface area contributed by atoms with Gasteiger partial charge < -0.3 is 9.84 Å². The molecule has 1 heterocycles. The molecule has 1 fully saturated rings. The fraction of sp³-hybridized carbons (Fsp3) is 0.441. The Morgan fingerprint density at radius 2 is 1.97 bits per heavy atom. The molecule has 1 saturated heterocycles. The smallest absolute Gasteiger partial charge is 0.304 e. The molecule has 1 aliphatic heterocycles. The number of aliphatic carboxylic acids is 1. The van der Waals surface area contributed by atoms with Gasteiger partial charge in [-0.05, 0) is 80.8 Å². The standard InChI is InChI=1S/C34H43NO3/c1-4-10-30(33(11-5-2)24-34(36)37)19-16-27(3)38-26-29-13-9-12-28(17-18-29)25-35-22-20-32(21-23-35)31-14-7-6-8-15-31/h6-10,12,14-19,27,32-33H,4,13,20-26H2,1-3H3,(H,36,37)/b19-16-,30-10+. The Hall–Kier alpha value is -3.13. The van der Waals surface area contributed by atoms with Gasteiger partial charge in [0.2, 0.25) is 0 Å². The Morgan fingerprint density at radius 3 is 2.66 bits per heavy atom. The summed E-state index contributed by atoms with van der Waals surface area (Å²) in [6.07, 6.45) is 19.1. The van der Waals surface area contributed by atoms with Crippen molar-refractivity contribution in [2.24, 2.45) is 5.92 Å². The molecule has 1 N–H and O–H groups in total. The average Bonchev–Trinajstić information content (AvgIpc) is 3.15. The van der Waals surface area contributed by atoms with Gasteiger partial charge in [0.25, 0.3) is 0 Å². The van der Waals surface area contributed by atoms with Crippen LogP contribution in [0.4, 0.5) is 0 Å². The first-order chi connectivity index (χ1) is 18.5. The van der Waals surface area contributed by atoms with E-state index >= 15 is 0 Å². The minimum atomic E-state index is -0.838. The van der Waals surface area contributed by atoms with Crippen LogP contribution >= 0.6 is 0 Å². The minimum absolute atomic E-state index is 0.00514. The van der Waals surface area contributed by atoms with Crippen LogP contribution in [0, 0.1) is 17.8 Å². The number of carboxylic acids is 1. The predicted molar refractivity (Wildman–Crippen MR) is 157 cm³/mol. The van der Waals surface area contributed by atoms with E-state index in [1.54, 1.807) is 6.92 Å². The molecule has 0 aromatic heterocycles. The lowest BCUT2D eigenvalue weighted by Gasteiger charge is -2.32. The van der Waals surface area contributed by atoms with Gasteiger partial charge in [-0.25, -0.2) is 0 Å². The third-order valence-corrected chi connectivity index (χ3v) is 7.14. The summed E-state index contributed by atoms with van der Waals surface area (Å²) in [6.45, 7) is 9.65. The number of nitrogens with zero attached hydrogens (tertiary/aromatic N) is 1. The molecule has 2 aliphatic rings. The number of likely N-dealkylation sites (tertiary alicyclic amines) is 1. The second kappa shape index (κ2) is 16.0. The minimum Gasteiger partial charge on any atom is -0.481 e. The molecule has 38 heavy (non-hydrogen) atoms. The lowest BCUT2D eigenvalue weighted by molar-refractivity contribution is -0.137. The van der Waals surface area contributed by atoms with Crippen molar-refractivity contribution < 1.29 is 14.6 Å². The van der Waals surface area contributed by atoms with E-state index in [0.29, 0.717) is 12.5 Å². The Balaban J connectivity index is 1.49. The highest BCUT2D eigenvalue weighted by Crippen LogP contribution is 2.28. The number of carboxylic acid groups (broad SMARTS) is 1. The normalized spacial score (nSPS) is 18.8. The van der Waals surface area contributed by atoms with Crippen LogP contribution in [-0.4, -0.2) is 48.3 Å². The highest BCUT2D eigenvalue weighted by Gasteiger charge is 2.20. The summed E-state index contributed by atoms with van der Waals surface area (Å²) < 4.78 is 6.12. The molecule has 1 aromatic rings. The van der Waals surface area contributed by atoms with Gasteiger partial charge in [0.15, 0.2) is 0 Å². The van der Waals surface area contributed by atoms with Crippen LogP contribution in [0.1, 0.15) is 64.4 Å². The number of carbonyl (C=O) groups is 1. The largest absolute Gasteiger partial charge is 0.481 e. The highest BCUT2D eigenvalue weighted by molar-refractivity contribution is 5.68. The van der Waals surface area contributed by atoms with Gasteiger partial charge in [0.05, 0.1) is 25.0 Å². The molecule has 0 spiro atoms. The average molecular weight is 514 g/mol. The van der Waals surface area contributed by atoms with Crippen molar-refractivity contribution in [2.45, 2.75) is 64.9 Å². The van der Waals surface area contributed by atoms with Crippen molar-refractivity contribution in [3.8, 4) is 11.8 Å². The second-order valence-corrected chi connectivity index (χ2v) is 10.2. The summed E-state index contributed by atoms with van der Waals surface area (Å²) >= 11 is 0. The zero-order valence-electron chi connectivity index (χ0n) is 23.2. The first kappa shape index (κ1) is 29.4. The molecule has 202 valence electrons. The fourth-order valence-electron chi connectivity index (χ4n) is 5.03. The number of rotatable bonds is 12. The number of hydrogen-bond donors (Lipinski definition) is 1. The number of piperidine rings is 1. The zero-order valence-corrected chi connectivity index (χ0v) is 23.2. The summed E-state index contributed by atoms with van der Waals surface area (Å²) in [6, 6.07) is 10.9. The zero-order chi connectivity index (χ0) is 27.2. The molecule has 0 radical (unpaired) electrons. The first-order valence-electron chi connectivity index (χ1n) is 13.9. The Bertz CT molecular complexity index is 1110. The molecular weight excluding hydrogens is 470 g/mol. The summed E-state index contributed by atoms with van der Waals surface area (Å²) in [5.41, 5.74) is 5.02. The van der Waals surface area contributed by atoms with Crippen molar-refractivity contribution in [3.63, 3.8) is 0 Å². The molecule has 3 rings (SSSR count). The van der Waals surface area contributed by atoms with Crippen LogP contribution in [0.5, 0.6) is 0 Å². The second-order valence-electron chi connectivity index (χ2n) is 10.2. The van der Waals surface area contributed by atoms with Gasteiger partial charge in [-0.15, -0.1) is 5.92 Å². The maximum atomic E-state index is 11.3. The number of ether oxygens (including phenoxy) is 1. The molecule has 2 atom stereocenters. The fourth-order valence-corrected chi connectivity index (χ4v) is 5.03. The highest BCUT2D eigenvalue weighted by atomic mass is 16.5. The van der Waals surface area contributed by atoms with Crippen LogP contribution in [0.25, 0.3) is 0 Å². The summed E-state index contributed by atoms with van der Waals surface area (Å²) in [5.74, 6) is 5.45. The molecule has 0 bridgehead atoms. The Labute approximate surface area is 229 Å². The maximum absolute atomic E-state index is 11.3.